The number of carbonyl (C=O) groups excluding carboxylic acids is 1. The minimum Gasteiger partial charge on any atom is -0.338 e. The van der Waals surface area contributed by atoms with Crippen LogP contribution in [0.3, 0.4) is 0 Å². The third-order valence-electron chi connectivity index (χ3n) is 7.73. The second kappa shape index (κ2) is 12.9. The number of nitrogens with zero attached hydrogens (tertiary/aromatic N) is 5. The van der Waals surface area contributed by atoms with E-state index in [-0.39, 0.29) is 11.5 Å². The van der Waals surface area contributed by atoms with Gasteiger partial charge in [0.2, 0.25) is 5.91 Å². The van der Waals surface area contributed by atoms with Crippen LogP contribution in [0, 0.1) is 12.8 Å². The molecule has 1 aromatic carbocycles. The molecule has 1 aliphatic carbocycles. The van der Waals surface area contributed by atoms with Crippen molar-refractivity contribution < 1.29 is 13.6 Å². The van der Waals surface area contributed by atoms with Crippen molar-refractivity contribution in [3.05, 3.63) is 46.9 Å². The Hall–Kier alpha value is -3.67. The number of rotatable bonds is 3. The van der Waals surface area contributed by atoms with Crippen LogP contribution in [0.25, 0.3) is 11.1 Å². The van der Waals surface area contributed by atoms with Gasteiger partial charge < -0.3 is 9.80 Å². The van der Waals surface area contributed by atoms with Crippen LogP contribution in [0.4, 0.5) is 20.3 Å². The van der Waals surface area contributed by atoms with Gasteiger partial charge in [0, 0.05) is 67.8 Å². The quantitative estimate of drug-likeness (QED) is 0.398. The molecular formula is C30H38F2N6O. The number of nitrogens with one attached hydrogen (secondary N) is 1. The highest BCUT2D eigenvalue weighted by atomic mass is 19.3. The number of carbonyl (C=O) groups is 1. The number of aryl methyl sites for hydroxylation is 2. The summed E-state index contributed by atoms with van der Waals surface area (Å²) in [7, 11) is 1.77. The van der Waals surface area contributed by atoms with E-state index in [0.29, 0.717) is 37.2 Å². The summed E-state index contributed by atoms with van der Waals surface area (Å²) >= 11 is 0. The zero-order valence-corrected chi connectivity index (χ0v) is 22.9. The number of H-pyrrole nitrogens is 1. The molecule has 1 amide bonds. The van der Waals surface area contributed by atoms with Crippen molar-refractivity contribution in [3.63, 3.8) is 0 Å². The van der Waals surface area contributed by atoms with E-state index in [1.54, 1.807) is 42.0 Å². The van der Waals surface area contributed by atoms with Crippen LogP contribution >= 0.6 is 0 Å². The molecule has 2 aromatic heterocycles. The number of amides is 1. The Labute approximate surface area is 229 Å². The van der Waals surface area contributed by atoms with Gasteiger partial charge in [0.1, 0.15) is 0 Å². The van der Waals surface area contributed by atoms with Crippen molar-refractivity contribution in [2.24, 2.45) is 7.05 Å². The minimum atomic E-state index is -2.61. The summed E-state index contributed by atoms with van der Waals surface area (Å²) in [5, 5.41) is 11.8. The Balaban J connectivity index is 0.000000385. The van der Waals surface area contributed by atoms with Gasteiger partial charge in [0.15, 0.2) is 5.82 Å². The molecule has 1 saturated carbocycles. The standard InChI is InChI=1S/C22H24F2N6O.C6H12.C2H2/c1-13(31)29-7-5-19-18(12-29)22(27-26-19)30-6-3-4-14-8-16(15-10-25-28(2)11-15)17(21(23)24)9-20(14)30;1-2-4-6-5-3-1;1-2/h8-11,21H,3-7,12H2,1-2H3,(H,26,27);1-6H2;1-2H. The Bertz CT molecular complexity index is 1280. The van der Waals surface area contributed by atoms with E-state index >= 15 is 0 Å². The highest BCUT2D eigenvalue weighted by molar-refractivity contribution is 5.78. The fourth-order valence-electron chi connectivity index (χ4n) is 5.69. The maximum atomic E-state index is 14.1. The van der Waals surface area contributed by atoms with E-state index in [1.165, 1.54) is 38.5 Å². The lowest BCUT2D eigenvalue weighted by Crippen LogP contribution is -2.35. The molecule has 0 radical (unpaired) electrons. The molecule has 3 aliphatic rings. The molecule has 0 unspecified atom stereocenters. The zero-order chi connectivity index (χ0) is 27.9. The summed E-state index contributed by atoms with van der Waals surface area (Å²) in [5.41, 5.74) is 4.98. The number of aromatic nitrogens is 4. The van der Waals surface area contributed by atoms with Crippen LogP contribution in [0.5, 0.6) is 0 Å². The summed E-state index contributed by atoms with van der Waals surface area (Å²) in [5.74, 6) is 0.759. The highest BCUT2D eigenvalue weighted by Gasteiger charge is 2.30. The summed E-state index contributed by atoms with van der Waals surface area (Å²) in [4.78, 5) is 15.7. The average molecular weight is 537 g/mol. The van der Waals surface area contributed by atoms with E-state index in [4.69, 9.17) is 0 Å². The van der Waals surface area contributed by atoms with E-state index in [2.05, 4.69) is 28.1 Å². The van der Waals surface area contributed by atoms with Crippen LogP contribution < -0.4 is 4.90 Å². The van der Waals surface area contributed by atoms with Crippen LogP contribution in [-0.4, -0.2) is 43.9 Å². The largest absolute Gasteiger partial charge is 0.338 e. The number of benzene rings is 1. The highest BCUT2D eigenvalue weighted by Crippen LogP contribution is 2.42. The second-order valence-electron chi connectivity index (χ2n) is 10.3. The zero-order valence-electron chi connectivity index (χ0n) is 22.9. The van der Waals surface area contributed by atoms with Gasteiger partial charge in [-0.3, -0.25) is 14.6 Å². The van der Waals surface area contributed by atoms with Crippen molar-refractivity contribution in [2.75, 3.05) is 18.0 Å². The molecule has 9 heteroatoms. The Morgan fingerprint density at radius 2 is 1.72 bits per heavy atom. The maximum Gasteiger partial charge on any atom is 0.264 e. The molecule has 39 heavy (non-hydrogen) atoms. The van der Waals surface area contributed by atoms with Crippen molar-refractivity contribution in [3.8, 4) is 24.0 Å². The van der Waals surface area contributed by atoms with E-state index in [9.17, 15) is 13.6 Å². The summed E-state index contributed by atoms with van der Waals surface area (Å²) in [6.45, 7) is 3.40. The molecule has 4 heterocycles. The molecule has 1 fully saturated rings. The molecule has 0 atom stereocenters. The molecule has 3 aromatic rings. The molecule has 0 spiro atoms. The number of hydrogen-bond donors (Lipinski definition) is 1. The van der Waals surface area contributed by atoms with Gasteiger partial charge in [0.05, 0.1) is 12.7 Å². The van der Waals surface area contributed by atoms with E-state index in [1.807, 2.05) is 11.0 Å². The first kappa shape index (κ1) is 28.3. The summed E-state index contributed by atoms with van der Waals surface area (Å²) in [6, 6.07) is 3.48. The fourth-order valence-corrected chi connectivity index (χ4v) is 5.69. The first-order valence-corrected chi connectivity index (χ1v) is 13.8. The number of hydrogen-bond acceptors (Lipinski definition) is 4. The molecule has 7 nitrogen and oxygen atoms in total. The molecule has 1 N–H and O–H groups in total. The third-order valence-corrected chi connectivity index (χ3v) is 7.73. The normalized spacial score (nSPS) is 16.4. The van der Waals surface area contributed by atoms with Crippen LogP contribution in [0.15, 0.2) is 24.5 Å². The number of terminal acetylenes is 1. The van der Waals surface area contributed by atoms with E-state index in [0.717, 1.165) is 41.2 Å². The molecule has 2 aliphatic heterocycles. The summed E-state index contributed by atoms with van der Waals surface area (Å²) < 4.78 is 29.7. The average Bonchev–Trinajstić information content (AvgIpc) is 3.60. The molecule has 208 valence electrons. The van der Waals surface area contributed by atoms with Crippen molar-refractivity contribution in [2.45, 2.75) is 77.7 Å². The van der Waals surface area contributed by atoms with Crippen LogP contribution in [-0.2, 0) is 31.2 Å². The van der Waals surface area contributed by atoms with Gasteiger partial charge in [-0.15, -0.1) is 12.8 Å². The fraction of sp³-hybridized carbons (Fsp3) is 0.500. The number of anilines is 2. The lowest BCUT2D eigenvalue weighted by atomic mass is 9.92. The number of alkyl halides is 2. The van der Waals surface area contributed by atoms with Crippen molar-refractivity contribution in [1.82, 2.24) is 24.9 Å². The van der Waals surface area contributed by atoms with Crippen molar-refractivity contribution in [1.29, 1.82) is 0 Å². The number of aromatic amines is 1. The molecular weight excluding hydrogens is 498 g/mol. The third kappa shape index (κ3) is 6.32. The Morgan fingerprint density at radius 1 is 1.03 bits per heavy atom. The van der Waals surface area contributed by atoms with Gasteiger partial charge in [-0.05, 0) is 36.1 Å². The topological polar surface area (TPSA) is 70.1 Å². The minimum absolute atomic E-state index is 0.00610. The first-order valence-electron chi connectivity index (χ1n) is 13.8. The smallest absolute Gasteiger partial charge is 0.264 e. The predicted octanol–water partition coefficient (Wildman–Crippen LogP) is 6.33. The lowest BCUT2D eigenvalue weighted by Gasteiger charge is -2.33. The van der Waals surface area contributed by atoms with Crippen LogP contribution in [0.2, 0.25) is 0 Å². The number of fused-ring (bicyclic) bond motifs is 2. The van der Waals surface area contributed by atoms with Crippen molar-refractivity contribution >= 4 is 17.4 Å². The molecule has 0 saturated heterocycles. The lowest BCUT2D eigenvalue weighted by molar-refractivity contribution is -0.129. The Morgan fingerprint density at radius 3 is 2.31 bits per heavy atom. The number of halogens is 2. The van der Waals surface area contributed by atoms with Crippen LogP contribution in [0.1, 0.15) is 80.7 Å². The van der Waals surface area contributed by atoms with E-state index < -0.39 is 6.43 Å². The SMILES string of the molecule is C#C.C1CCCCC1.CC(=O)N1CCc2[nH]nc(N3CCCc4cc(-c5cnn(C)c5)c(C(F)F)cc43)c2C1. The Kier molecular flexibility index (Phi) is 9.39. The van der Waals surface area contributed by atoms with Gasteiger partial charge in [0.25, 0.3) is 6.43 Å². The van der Waals surface area contributed by atoms with Gasteiger partial charge in [-0.2, -0.15) is 10.2 Å². The van der Waals surface area contributed by atoms with Gasteiger partial charge in [-0.1, -0.05) is 38.5 Å². The molecule has 0 bridgehead atoms. The van der Waals surface area contributed by atoms with Gasteiger partial charge in [-0.25, -0.2) is 8.78 Å². The molecule has 6 rings (SSSR count). The maximum absolute atomic E-state index is 14.1. The monoisotopic (exact) mass is 536 g/mol. The van der Waals surface area contributed by atoms with Gasteiger partial charge >= 0.3 is 0 Å². The first-order chi connectivity index (χ1) is 18.9. The second-order valence-corrected chi connectivity index (χ2v) is 10.3. The predicted molar refractivity (Wildman–Crippen MR) is 150 cm³/mol. The summed E-state index contributed by atoms with van der Waals surface area (Å²) in [6.07, 6.45) is 20.2.